The molecule has 1 aliphatic rings. The zero-order valence-corrected chi connectivity index (χ0v) is 18.9. The van der Waals surface area contributed by atoms with Crippen molar-refractivity contribution in [3.8, 4) is 0 Å². The van der Waals surface area contributed by atoms with Crippen LogP contribution >= 0.6 is 0 Å². The summed E-state index contributed by atoms with van der Waals surface area (Å²) < 4.78 is 0. The molecule has 0 heterocycles. The molecular formula is C32H26N2. The summed E-state index contributed by atoms with van der Waals surface area (Å²) in [5.41, 5.74) is 18.4. The van der Waals surface area contributed by atoms with Crippen LogP contribution in [-0.4, -0.2) is 5.66 Å². The third kappa shape index (κ3) is 3.54. The third-order valence-corrected chi connectivity index (χ3v) is 6.87. The van der Waals surface area contributed by atoms with E-state index in [9.17, 15) is 0 Å². The first-order valence-electron chi connectivity index (χ1n) is 11.6. The molecule has 5 aromatic carbocycles. The number of hydrogen-bond acceptors (Lipinski definition) is 2. The van der Waals surface area contributed by atoms with Crippen LogP contribution in [0.2, 0.25) is 0 Å². The predicted octanol–water partition coefficient (Wildman–Crippen LogP) is 6.87. The number of allylic oxidation sites excluding steroid dienone is 2. The highest BCUT2D eigenvalue weighted by Gasteiger charge is 2.38. The van der Waals surface area contributed by atoms with Crippen LogP contribution in [0.3, 0.4) is 0 Å². The zero-order chi connectivity index (χ0) is 23.1. The van der Waals surface area contributed by atoms with Gasteiger partial charge in [-0.1, -0.05) is 115 Å². The summed E-state index contributed by atoms with van der Waals surface area (Å²) in [4.78, 5) is 0. The van der Waals surface area contributed by atoms with Crippen molar-refractivity contribution in [1.82, 2.24) is 0 Å². The van der Waals surface area contributed by atoms with Gasteiger partial charge in [-0.3, -0.25) is 0 Å². The van der Waals surface area contributed by atoms with Crippen LogP contribution in [0.15, 0.2) is 127 Å². The molecule has 1 unspecified atom stereocenters. The van der Waals surface area contributed by atoms with Crippen molar-refractivity contribution >= 4 is 32.7 Å². The Morgan fingerprint density at radius 1 is 0.529 bits per heavy atom. The fourth-order valence-electron chi connectivity index (χ4n) is 5.21. The van der Waals surface area contributed by atoms with E-state index in [0.29, 0.717) is 0 Å². The lowest BCUT2D eigenvalue weighted by Crippen LogP contribution is -2.54. The van der Waals surface area contributed by atoms with Gasteiger partial charge in [0.15, 0.2) is 0 Å². The lowest BCUT2D eigenvalue weighted by atomic mass is 9.71. The minimum atomic E-state index is -1.03. The molecule has 0 aromatic heterocycles. The first kappa shape index (κ1) is 20.6. The van der Waals surface area contributed by atoms with Gasteiger partial charge in [-0.15, -0.1) is 0 Å². The van der Waals surface area contributed by atoms with Crippen molar-refractivity contribution in [3.05, 3.63) is 144 Å². The lowest BCUT2D eigenvalue weighted by molar-refractivity contribution is 0.504. The van der Waals surface area contributed by atoms with Crippen molar-refractivity contribution in [1.29, 1.82) is 0 Å². The monoisotopic (exact) mass is 438 g/mol. The van der Waals surface area contributed by atoms with Crippen LogP contribution < -0.4 is 11.5 Å². The fraction of sp³-hybridized carbons (Fsp3) is 0.0625. The molecule has 4 N–H and O–H groups in total. The van der Waals surface area contributed by atoms with Gasteiger partial charge in [-0.05, 0) is 61.5 Å². The molecule has 2 nitrogen and oxygen atoms in total. The molecule has 0 bridgehead atoms. The molecule has 34 heavy (non-hydrogen) atoms. The summed E-state index contributed by atoms with van der Waals surface area (Å²) >= 11 is 0. The van der Waals surface area contributed by atoms with E-state index >= 15 is 0 Å². The summed E-state index contributed by atoms with van der Waals surface area (Å²) in [6, 6.07) is 40.6. The Morgan fingerprint density at radius 3 is 1.82 bits per heavy atom. The zero-order valence-electron chi connectivity index (χ0n) is 18.9. The van der Waals surface area contributed by atoms with Crippen molar-refractivity contribution in [3.63, 3.8) is 0 Å². The number of hydrogen-bond donors (Lipinski definition) is 2. The number of nitrogens with two attached hydrogens (primary N) is 2. The van der Waals surface area contributed by atoms with Gasteiger partial charge in [0.2, 0.25) is 0 Å². The first-order valence-corrected chi connectivity index (χ1v) is 11.6. The van der Waals surface area contributed by atoms with Crippen LogP contribution in [0.25, 0.3) is 32.7 Å². The number of benzene rings is 5. The molecule has 0 fully saturated rings. The van der Waals surface area contributed by atoms with Gasteiger partial charge in [0.25, 0.3) is 0 Å². The molecule has 1 aliphatic carbocycles. The van der Waals surface area contributed by atoms with Crippen molar-refractivity contribution in [2.24, 2.45) is 11.5 Å². The van der Waals surface area contributed by atoms with Crippen LogP contribution in [0.4, 0.5) is 0 Å². The minimum absolute atomic E-state index is 0.210. The molecule has 0 saturated carbocycles. The van der Waals surface area contributed by atoms with E-state index in [0.717, 1.165) is 27.8 Å². The van der Waals surface area contributed by atoms with E-state index in [-0.39, 0.29) is 5.92 Å². The average molecular weight is 439 g/mol. The summed E-state index contributed by atoms with van der Waals surface area (Å²) in [6.07, 6.45) is 4.05. The van der Waals surface area contributed by atoms with Crippen LogP contribution in [-0.2, 0) is 0 Å². The quantitative estimate of drug-likeness (QED) is 0.302. The van der Waals surface area contributed by atoms with Crippen LogP contribution in [0, 0.1) is 0 Å². The maximum atomic E-state index is 6.84. The van der Waals surface area contributed by atoms with Crippen molar-refractivity contribution in [2.45, 2.75) is 11.6 Å². The fourth-order valence-corrected chi connectivity index (χ4v) is 5.21. The normalized spacial score (nSPS) is 17.4. The molecule has 0 saturated heterocycles. The second-order valence-electron chi connectivity index (χ2n) is 9.13. The van der Waals surface area contributed by atoms with Crippen molar-refractivity contribution < 1.29 is 0 Å². The van der Waals surface area contributed by atoms with Gasteiger partial charge in [0.1, 0.15) is 0 Å². The Balaban J connectivity index is 1.64. The molecule has 0 amide bonds. The largest absolute Gasteiger partial charge is 0.309 e. The van der Waals surface area contributed by atoms with Gasteiger partial charge in [-0.25, -0.2) is 0 Å². The van der Waals surface area contributed by atoms with E-state index in [1.54, 1.807) is 0 Å². The topological polar surface area (TPSA) is 52.0 Å². The molecule has 0 radical (unpaired) electrons. The van der Waals surface area contributed by atoms with E-state index in [1.165, 1.54) is 21.5 Å². The predicted molar refractivity (Wildman–Crippen MR) is 144 cm³/mol. The smallest absolute Gasteiger partial charge is 0.0944 e. The summed E-state index contributed by atoms with van der Waals surface area (Å²) in [6.45, 7) is 0. The van der Waals surface area contributed by atoms with Crippen LogP contribution in [0.5, 0.6) is 0 Å². The second-order valence-corrected chi connectivity index (χ2v) is 9.13. The van der Waals surface area contributed by atoms with E-state index in [1.807, 2.05) is 12.1 Å². The summed E-state index contributed by atoms with van der Waals surface area (Å²) in [5, 5.41) is 4.81. The molecular weight excluding hydrogens is 412 g/mol. The molecule has 1 atom stereocenters. The lowest BCUT2D eigenvalue weighted by Gasteiger charge is -2.38. The molecule has 5 aromatic rings. The molecule has 0 spiro atoms. The number of fused-ring (bicyclic) bond motifs is 2. The highest BCUT2D eigenvalue weighted by atomic mass is 15.0. The molecule has 2 heteroatoms. The highest BCUT2D eigenvalue weighted by Crippen LogP contribution is 2.46. The van der Waals surface area contributed by atoms with Crippen molar-refractivity contribution in [2.75, 3.05) is 0 Å². The van der Waals surface area contributed by atoms with Gasteiger partial charge in [0, 0.05) is 5.92 Å². The third-order valence-electron chi connectivity index (χ3n) is 6.87. The summed E-state index contributed by atoms with van der Waals surface area (Å²) in [7, 11) is 0. The SMILES string of the molecule is NC1(N)C=CC(c2ccccc2)=C(c2ccc3ccccc3c2)C1c1ccc2ccccc2c1. The Hall–Kier alpha value is -3.98. The maximum absolute atomic E-state index is 6.84. The van der Waals surface area contributed by atoms with Gasteiger partial charge < -0.3 is 11.5 Å². The summed E-state index contributed by atoms with van der Waals surface area (Å²) in [5.74, 6) is -0.210. The Labute approximate surface area is 199 Å². The average Bonchev–Trinajstić information content (AvgIpc) is 2.88. The van der Waals surface area contributed by atoms with E-state index in [2.05, 4.69) is 115 Å². The molecule has 0 aliphatic heterocycles. The van der Waals surface area contributed by atoms with E-state index in [4.69, 9.17) is 11.5 Å². The maximum Gasteiger partial charge on any atom is 0.0944 e. The molecule has 164 valence electrons. The minimum Gasteiger partial charge on any atom is -0.309 e. The standard InChI is InChI=1S/C32H26N2/c33-32(34)19-18-29(24-10-2-1-3-11-24)30(27-16-14-22-8-4-6-12-25(22)20-27)31(32)28-17-15-23-9-5-7-13-26(23)21-28/h1-21,31H,33-34H2. The van der Waals surface area contributed by atoms with Gasteiger partial charge in [0.05, 0.1) is 5.66 Å². The Bertz CT molecular complexity index is 1580. The van der Waals surface area contributed by atoms with Gasteiger partial charge >= 0.3 is 0 Å². The van der Waals surface area contributed by atoms with E-state index < -0.39 is 5.66 Å². The number of rotatable bonds is 3. The molecule has 6 rings (SSSR count). The first-order chi connectivity index (χ1) is 16.6. The van der Waals surface area contributed by atoms with Crippen LogP contribution in [0.1, 0.15) is 22.6 Å². The van der Waals surface area contributed by atoms with Gasteiger partial charge in [-0.2, -0.15) is 0 Å². The Morgan fingerprint density at radius 2 is 1.12 bits per heavy atom. The second kappa shape index (κ2) is 8.11. The Kier molecular flexibility index (Phi) is 4.91. The highest BCUT2D eigenvalue weighted by molar-refractivity contribution is 6.02.